The van der Waals surface area contributed by atoms with E-state index in [0.29, 0.717) is 18.6 Å². The number of benzene rings is 1. The number of carbonyl (C=O) groups is 1. The quantitative estimate of drug-likeness (QED) is 0.699. The van der Waals surface area contributed by atoms with Gasteiger partial charge in [-0.2, -0.15) is 0 Å². The molecule has 0 aliphatic carbocycles. The highest BCUT2D eigenvalue weighted by atomic mass is 32.2. The van der Waals surface area contributed by atoms with Gasteiger partial charge in [-0.05, 0) is 37.1 Å². The number of rotatable bonds is 8. The summed E-state index contributed by atoms with van der Waals surface area (Å²) in [4.78, 5) is 12.3. The third kappa shape index (κ3) is 5.20. The number of hydrogen-bond donors (Lipinski definition) is 1. The first-order chi connectivity index (χ1) is 11.9. The minimum absolute atomic E-state index is 0.0269. The first-order valence-electron chi connectivity index (χ1n) is 7.65. The molecule has 7 nitrogen and oxygen atoms in total. The second kappa shape index (κ2) is 8.34. The molecular weight excluding hydrogens is 369 g/mol. The summed E-state index contributed by atoms with van der Waals surface area (Å²) in [5.74, 6) is -0.560. The zero-order valence-corrected chi connectivity index (χ0v) is 15.4. The van der Waals surface area contributed by atoms with Gasteiger partial charge >= 0.3 is 0 Å². The number of hydrogen-bond acceptors (Lipinski definition) is 7. The van der Waals surface area contributed by atoms with Gasteiger partial charge in [0.2, 0.25) is 19.3 Å². The molecule has 25 heavy (non-hydrogen) atoms. The molecule has 0 spiro atoms. The number of amides is 1. The number of anilines is 1. The minimum atomic E-state index is -3.48. The Hall–Kier alpha value is -2.07. The fraction of sp³-hybridized carbons (Fsp3) is 0.400. The lowest BCUT2D eigenvalue weighted by Gasteiger charge is -2.16. The van der Waals surface area contributed by atoms with Gasteiger partial charge in [0.25, 0.3) is 5.91 Å². The van der Waals surface area contributed by atoms with Crippen LogP contribution in [0.1, 0.15) is 26.7 Å². The average molecular weight is 387 g/mol. The van der Waals surface area contributed by atoms with Crippen molar-refractivity contribution in [2.45, 2.75) is 37.1 Å². The van der Waals surface area contributed by atoms with E-state index in [2.05, 4.69) is 15.5 Å². The highest BCUT2D eigenvalue weighted by Crippen LogP contribution is 2.22. The molecule has 1 aromatic carbocycles. The fourth-order valence-electron chi connectivity index (χ4n) is 1.93. The van der Waals surface area contributed by atoms with E-state index in [4.69, 9.17) is 4.74 Å². The summed E-state index contributed by atoms with van der Waals surface area (Å²) in [6, 6.07) is 5.31. The Morgan fingerprint density at radius 3 is 2.56 bits per heavy atom. The lowest BCUT2D eigenvalue weighted by molar-refractivity contribution is -0.122. The number of sulfone groups is 1. The van der Waals surface area contributed by atoms with Crippen LogP contribution in [0.5, 0.6) is 5.75 Å². The van der Waals surface area contributed by atoms with Crippen LogP contribution in [0.4, 0.5) is 9.52 Å². The molecule has 1 amide bonds. The Kier molecular flexibility index (Phi) is 6.43. The molecule has 0 saturated heterocycles. The SMILES string of the molecule is CCCS(=O)(=O)c1nnc(NC(=O)[C@@H](CC)Oc2ccc(F)cc2)s1. The zero-order valence-electron chi connectivity index (χ0n) is 13.7. The molecule has 2 aromatic rings. The molecule has 0 bridgehead atoms. The number of aromatic nitrogens is 2. The predicted molar refractivity (Wildman–Crippen MR) is 92.0 cm³/mol. The topological polar surface area (TPSA) is 98.3 Å². The fourth-order valence-corrected chi connectivity index (χ4v) is 4.28. The number of ether oxygens (including phenoxy) is 1. The molecule has 0 aliphatic rings. The monoisotopic (exact) mass is 387 g/mol. The van der Waals surface area contributed by atoms with E-state index >= 15 is 0 Å². The normalized spacial score (nSPS) is 12.6. The van der Waals surface area contributed by atoms with Crippen molar-refractivity contribution in [1.82, 2.24) is 10.2 Å². The van der Waals surface area contributed by atoms with Gasteiger partial charge in [0, 0.05) is 0 Å². The molecule has 0 radical (unpaired) electrons. The van der Waals surface area contributed by atoms with Crippen molar-refractivity contribution >= 4 is 32.2 Å². The van der Waals surface area contributed by atoms with Gasteiger partial charge in [0.05, 0.1) is 5.75 Å². The Morgan fingerprint density at radius 1 is 1.28 bits per heavy atom. The summed E-state index contributed by atoms with van der Waals surface area (Å²) in [7, 11) is -3.48. The third-order valence-corrected chi connectivity index (χ3v) is 6.34. The van der Waals surface area contributed by atoms with Crippen LogP contribution in [0, 0.1) is 5.82 Å². The van der Waals surface area contributed by atoms with Gasteiger partial charge in [-0.25, -0.2) is 12.8 Å². The van der Waals surface area contributed by atoms with Crippen LogP contribution < -0.4 is 10.1 Å². The molecule has 0 fully saturated rings. The van der Waals surface area contributed by atoms with Gasteiger partial charge in [-0.15, -0.1) is 10.2 Å². The Morgan fingerprint density at radius 2 is 1.96 bits per heavy atom. The summed E-state index contributed by atoms with van der Waals surface area (Å²) in [5, 5.41) is 9.90. The number of carbonyl (C=O) groups excluding carboxylic acids is 1. The summed E-state index contributed by atoms with van der Waals surface area (Å²) < 4.78 is 42.2. The van der Waals surface area contributed by atoms with Crippen molar-refractivity contribution < 1.29 is 22.3 Å². The van der Waals surface area contributed by atoms with E-state index in [-0.39, 0.29) is 15.2 Å². The lowest BCUT2D eigenvalue weighted by Crippen LogP contribution is -2.32. The molecule has 0 saturated carbocycles. The van der Waals surface area contributed by atoms with Crippen molar-refractivity contribution in [1.29, 1.82) is 0 Å². The highest BCUT2D eigenvalue weighted by molar-refractivity contribution is 7.93. The zero-order chi connectivity index (χ0) is 18.4. The Labute approximate surface area is 149 Å². The van der Waals surface area contributed by atoms with Crippen LogP contribution in [-0.4, -0.2) is 36.4 Å². The smallest absolute Gasteiger partial charge is 0.267 e. The maximum atomic E-state index is 12.9. The van der Waals surface area contributed by atoms with Crippen LogP contribution in [0.15, 0.2) is 28.6 Å². The van der Waals surface area contributed by atoms with Crippen LogP contribution >= 0.6 is 11.3 Å². The third-order valence-electron chi connectivity index (χ3n) is 3.13. The van der Waals surface area contributed by atoms with Gasteiger partial charge < -0.3 is 4.74 Å². The van der Waals surface area contributed by atoms with Crippen LogP contribution in [0.25, 0.3) is 0 Å². The van der Waals surface area contributed by atoms with E-state index < -0.39 is 27.7 Å². The minimum Gasteiger partial charge on any atom is -0.481 e. The molecule has 1 aromatic heterocycles. The summed E-state index contributed by atoms with van der Waals surface area (Å²) >= 11 is 0.797. The molecule has 1 atom stereocenters. The van der Waals surface area contributed by atoms with Gasteiger partial charge in [-0.3, -0.25) is 10.1 Å². The van der Waals surface area contributed by atoms with E-state index in [1.165, 1.54) is 24.3 Å². The standard InChI is InChI=1S/C15H18FN3O4S2/c1-3-9-25(21,22)15-19-18-14(24-15)17-13(20)12(4-2)23-11-7-5-10(16)6-8-11/h5-8,12H,3-4,9H2,1-2H3,(H,17,18,20)/t12-/m1/s1. The van der Waals surface area contributed by atoms with Gasteiger partial charge in [0.15, 0.2) is 6.10 Å². The summed E-state index contributed by atoms with van der Waals surface area (Å²) in [6.45, 7) is 3.50. The second-order valence-electron chi connectivity index (χ2n) is 5.15. The largest absolute Gasteiger partial charge is 0.481 e. The van der Waals surface area contributed by atoms with Gasteiger partial charge in [0.1, 0.15) is 11.6 Å². The molecule has 2 rings (SSSR count). The maximum Gasteiger partial charge on any atom is 0.267 e. The second-order valence-corrected chi connectivity index (χ2v) is 8.41. The van der Waals surface area contributed by atoms with E-state index in [1.54, 1.807) is 13.8 Å². The van der Waals surface area contributed by atoms with Crippen LogP contribution in [-0.2, 0) is 14.6 Å². The summed E-state index contributed by atoms with van der Waals surface area (Å²) in [5.41, 5.74) is 0. The molecule has 10 heteroatoms. The number of nitrogens with one attached hydrogen (secondary N) is 1. The molecule has 0 unspecified atom stereocenters. The van der Waals surface area contributed by atoms with Crippen molar-refractivity contribution in [3.05, 3.63) is 30.1 Å². The molecular formula is C15H18FN3O4S2. The van der Waals surface area contributed by atoms with Crippen molar-refractivity contribution in [3.63, 3.8) is 0 Å². The first kappa shape index (κ1) is 19.3. The van der Waals surface area contributed by atoms with E-state index in [0.717, 1.165) is 11.3 Å². The Bertz CT molecular complexity index is 822. The van der Waals surface area contributed by atoms with Crippen LogP contribution in [0.2, 0.25) is 0 Å². The lowest BCUT2D eigenvalue weighted by atomic mass is 10.2. The van der Waals surface area contributed by atoms with Crippen molar-refractivity contribution in [2.24, 2.45) is 0 Å². The van der Waals surface area contributed by atoms with Crippen LogP contribution in [0.3, 0.4) is 0 Å². The highest BCUT2D eigenvalue weighted by Gasteiger charge is 2.23. The number of nitrogens with zero attached hydrogens (tertiary/aromatic N) is 2. The maximum absolute atomic E-state index is 12.9. The molecule has 0 aliphatic heterocycles. The van der Waals surface area contributed by atoms with Crippen molar-refractivity contribution in [2.75, 3.05) is 11.1 Å². The van der Waals surface area contributed by atoms with E-state index in [1.807, 2.05) is 0 Å². The van der Waals surface area contributed by atoms with E-state index in [9.17, 15) is 17.6 Å². The predicted octanol–water partition coefficient (Wildman–Crippen LogP) is 2.66. The van der Waals surface area contributed by atoms with Crippen molar-refractivity contribution in [3.8, 4) is 5.75 Å². The molecule has 1 N–H and O–H groups in total. The Balaban J connectivity index is 2.04. The molecule has 1 heterocycles. The number of halogens is 1. The molecule has 136 valence electrons. The van der Waals surface area contributed by atoms with Gasteiger partial charge in [-0.1, -0.05) is 25.2 Å². The average Bonchev–Trinajstić information content (AvgIpc) is 3.03. The summed E-state index contributed by atoms with van der Waals surface area (Å²) in [6.07, 6.45) is 0.000745. The first-order valence-corrected chi connectivity index (χ1v) is 10.1.